The predicted molar refractivity (Wildman–Crippen MR) is 109 cm³/mol. The fraction of sp³-hybridized carbons (Fsp3) is 0.167. The molecule has 1 aromatic heterocycles. The maximum absolute atomic E-state index is 2.35. The van der Waals surface area contributed by atoms with Crippen molar-refractivity contribution in [1.82, 2.24) is 4.57 Å². The van der Waals surface area contributed by atoms with Crippen LogP contribution < -0.4 is 0 Å². The van der Waals surface area contributed by atoms with Gasteiger partial charge < -0.3 is 4.57 Å². The van der Waals surface area contributed by atoms with Gasteiger partial charge in [-0.3, -0.25) is 0 Å². The minimum atomic E-state index is 1.15. The Labute approximate surface area is 147 Å². The normalized spacial score (nSPS) is 11.9. The molecule has 5 aromatic rings. The van der Waals surface area contributed by atoms with Crippen molar-refractivity contribution in [2.45, 2.75) is 19.8 Å². The molecule has 0 aliphatic carbocycles. The summed E-state index contributed by atoms with van der Waals surface area (Å²) in [5, 5.41) is 8.06. The Morgan fingerprint density at radius 2 is 1.44 bits per heavy atom. The molecule has 1 nitrogen and oxygen atoms in total. The van der Waals surface area contributed by atoms with Crippen molar-refractivity contribution >= 4 is 43.4 Å². The van der Waals surface area contributed by atoms with Crippen molar-refractivity contribution in [3.8, 4) is 0 Å². The summed E-state index contributed by atoms with van der Waals surface area (Å²) >= 11 is 0. The molecule has 0 saturated heterocycles. The highest BCUT2D eigenvalue weighted by Crippen LogP contribution is 2.36. The Balaban J connectivity index is 1.92. The van der Waals surface area contributed by atoms with Crippen LogP contribution in [0.2, 0.25) is 0 Å². The molecule has 0 fully saturated rings. The lowest BCUT2D eigenvalue weighted by molar-refractivity contribution is 0.924. The number of nitrogens with zero attached hydrogens (tertiary/aromatic N) is 1. The average Bonchev–Trinajstić information content (AvgIpc) is 2.95. The third-order valence-corrected chi connectivity index (χ3v) is 5.48. The van der Waals surface area contributed by atoms with Crippen molar-refractivity contribution in [2.24, 2.45) is 7.05 Å². The molecule has 4 aromatic carbocycles. The molecule has 0 aliphatic rings. The third-order valence-electron chi connectivity index (χ3n) is 5.48. The minimum Gasteiger partial charge on any atom is -0.343 e. The van der Waals surface area contributed by atoms with Crippen molar-refractivity contribution in [3.63, 3.8) is 0 Å². The first-order valence-electron chi connectivity index (χ1n) is 9.09. The summed E-state index contributed by atoms with van der Waals surface area (Å²) in [5.74, 6) is 0. The molecular weight excluding hydrogens is 302 g/mol. The molecule has 0 N–H and O–H groups in total. The standard InChI is InChI=1S/C24H21N/c1-3-6-16-9-11-18-17(15-16)10-12-21-19(18)13-14-22-20-7-4-5-8-23(20)25(2)24(21)22/h4-5,7-15H,3,6H2,1-2H3. The third kappa shape index (κ3) is 2.02. The molecule has 0 spiro atoms. The van der Waals surface area contributed by atoms with Crippen LogP contribution in [0, 0.1) is 0 Å². The number of benzene rings is 4. The summed E-state index contributed by atoms with van der Waals surface area (Å²) < 4.78 is 2.34. The zero-order chi connectivity index (χ0) is 17.0. The van der Waals surface area contributed by atoms with Crippen molar-refractivity contribution in [2.75, 3.05) is 0 Å². The van der Waals surface area contributed by atoms with E-state index < -0.39 is 0 Å². The second kappa shape index (κ2) is 5.35. The van der Waals surface area contributed by atoms with Crippen LogP contribution in [0.3, 0.4) is 0 Å². The predicted octanol–water partition coefficient (Wildman–Crippen LogP) is 6.59. The Morgan fingerprint density at radius 1 is 0.720 bits per heavy atom. The van der Waals surface area contributed by atoms with E-state index in [9.17, 15) is 0 Å². The van der Waals surface area contributed by atoms with Crippen LogP contribution in [0.15, 0.2) is 66.7 Å². The highest BCUT2D eigenvalue weighted by Gasteiger charge is 2.12. The van der Waals surface area contributed by atoms with E-state index in [1.165, 1.54) is 55.3 Å². The largest absolute Gasteiger partial charge is 0.343 e. The van der Waals surface area contributed by atoms with Crippen LogP contribution in [-0.4, -0.2) is 4.57 Å². The maximum atomic E-state index is 2.35. The monoisotopic (exact) mass is 323 g/mol. The van der Waals surface area contributed by atoms with Gasteiger partial charge in [-0.1, -0.05) is 74.0 Å². The Bertz CT molecular complexity index is 1260. The van der Waals surface area contributed by atoms with Crippen molar-refractivity contribution in [1.29, 1.82) is 0 Å². The number of hydrogen-bond acceptors (Lipinski definition) is 0. The zero-order valence-electron chi connectivity index (χ0n) is 14.7. The van der Waals surface area contributed by atoms with Gasteiger partial charge in [0.25, 0.3) is 0 Å². The molecular formula is C24H21N. The topological polar surface area (TPSA) is 4.93 Å². The fourth-order valence-electron chi connectivity index (χ4n) is 4.32. The maximum Gasteiger partial charge on any atom is 0.0568 e. The summed E-state index contributed by atoms with van der Waals surface area (Å²) in [7, 11) is 2.18. The zero-order valence-corrected chi connectivity index (χ0v) is 14.7. The van der Waals surface area contributed by atoms with Crippen molar-refractivity contribution in [3.05, 3.63) is 72.3 Å². The lowest BCUT2D eigenvalue weighted by Crippen LogP contribution is -1.89. The molecule has 5 rings (SSSR count). The van der Waals surface area contributed by atoms with Gasteiger partial charge in [0.2, 0.25) is 0 Å². The van der Waals surface area contributed by atoms with Crippen LogP contribution in [0.4, 0.5) is 0 Å². The molecule has 0 unspecified atom stereocenters. The lowest BCUT2D eigenvalue weighted by atomic mass is 9.97. The number of aromatic nitrogens is 1. The van der Waals surface area contributed by atoms with E-state index >= 15 is 0 Å². The van der Waals surface area contributed by atoms with Gasteiger partial charge in [-0.15, -0.1) is 0 Å². The Hall–Kier alpha value is -2.80. The van der Waals surface area contributed by atoms with Crippen LogP contribution >= 0.6 is 0 Å². The lowest BCUT2D eigenvalue weighted by Gasteiger charge is -2.09. The van der Waals surface area contributed by atoms with E-state index in [-0.39, 0.29) is 0 Å². The van der Waals surface area contributed by atoms with E-state index in [0.717, 1.165) is 6.42 Å². The molecule has 0 aliphatic heterocycles. The Kier molecular flexibility index (Phi) is 3.11. The summed E-state index contributed by atoms with van der Waals surface area (Å²) in [6.07, 6.45) is 2.34. The average molecular weight is 323 g/mol. The first-order valence-corrected chi connectivity index (χ1v) is 9.09. The van der Waals surface area contributed by atoms with E-state index in [4.69, 9.17) is 0 Å². The SMILES string of the molecule is CCCc1ccc2c(ccc3c2ccc2c4ccccc4n(C)c32)c1. The van der Waals surface area contributed by atoms with E-state index in [2.05, 4.69) is 85.3 Å². The highest BCUT2D eigenvalue weighted by molar-refractivity contribution is 6.22. The molecule has 1 heteroatoms. The number of rotatable bonds is 2. The summed E-state index contributed by atoms with van der Waals surface area (Å²) in [5.41, 5.74) is 4.06. The van der Waals surface area contributed by atoms with E-state index in [1.54, 1.807) is 0 Å². The van der Waals surface area contributed by atoms with Crippen LogP contribution in [-0.2, 0) is 13.5 Å². The second-order valence-electron chi connectivity index (χ2n) is 7.00. The summed E-state index contributed by atoms with van der Waals surface area (Å²) in [4.78, 5) is 0. The number of fused-ring (bicyclic) bond motifs is 7. The number of para-hydroxylation sites is 1. The molecule has 1 heterocycles. The molecule has 0 bridgehead atoms. The van der Waals surface area contributed by atoms with Gasteiger partial charge in [0.05, 0.1) is 5.52 Å². The smallest absolute Gasteiger partial charge is 0.0568 e. The van der Waals surface area contributed by atoms with Crippen LogP contribution in [0.25, 0.3) is 43.4 Å². The molecule has 122 valence electrons. The van der Waals surface area contributed by atoms with E-state index in [1.807, 2.05) is 0 Å². The molecule has 0 atom stereocenters. The van der Waals surface area contributed by atoms with Gasteiger partial charge in [0.15, 0.2) is 0 Å². The van der Waals surface area contributed by atoms with Crippen molar-refractivity contribution < 1.29 is 0 Å². The first-order chi connectivity index (χ1) is 12.3. The van der Waals surface area contributed by atoms with Gasteiger partial charge in [0, 0.05) is 28.7 Å². The summed E-state index contributed by atoms with van der Waals surface area (Å²) in [6, 6.07) is 24.8. The van der Waals surface area contributed by atoms with E-state index in [0.29, 0.717) is 0 Å². The number of hydrogen-bond donors (Lipinski definition) is 0. The minimum absolute atomic E-state index is 1.15. The molecule has 25 heavy (non-hydrogen) atoms. The fourth-order valence-corrected chi connectivity index (χ4v) is 4.32. The van der Waals surface area contributed by atoms with Gasteiger partial charge in [-0.25, -0.2) is 0 Å². The quantitative estimate of drug-likeness (QED) is 0.323. The first kappa shape index (κ1) is 14.5. The molecule has 0 saturated carbocycles. The second-order valence-corrected chi connectivity index (χ2v) is 7.00. The summed E-state index contributed by atoms with van der Waals surface area (Å²) in [6.45, 7) is 2.24. The highest BCUT2D eigenvalue weighted by atomic mass is 14.9. The van der Waals surface area contributed by atoms with Gasteiger partial charge in [0.1, 0.15) is 0 Å². The van der Waals surface area contributed by atoms with Crippen LogP contribution in [0.1, 0.15) is 18.9 Å². The Morgan fingerprint density at radius 3 is 2.32 bits per heavy atom. The number of aryl methyl sites for hydroxylation is 2. The van der Waals surface area contributed by atoms with Gasteiger partial charge >= 0.3 is 0 Å². The van der Waals surface area contributed by atoms with Gasteiger partial charge in [-0.2, -0.15) is 0 Å². The van der Waals surface area contributed by atoms with Gasteiger partial charge in [-0.05, 0) is 34.2 Å². The molecule has 0 amide bonds. The van der Waals surface area contributed by atoms with Crippen LogP contribution in [0.5, 0.6) is 0 Å². The molecule has 0 radical (unpaired) electrons.